The minimum Gasteiger partial charge on any atom is -0.507 e. The largest absolute Gasteiger partial charge is 0.507 e. The topological polar surface area (TPSA) is 43.8 Å². The standard InChI is InChI=1S/C23H32N2O2/c1-4-10-17-16-20-18(19(11-5-2)23(17)27)12-13-22(26)25(20)21(6-3)24-14-8-7-9-15-24/h4-5,16,21,27H,1-2,6-15H2,3H3. The van der Waals surface area contributed by atoms with Crippen LogP contribution in [0.15, 0.2) is 31.4 Å². The molecule has 146 valence electrons. The summed E-state index contributed by atoms with van der Waals surface area (Å²) in [4.78, 5) is 17.5. The molecule has 1 aromatic rings. The molecule has 1 atom stereocenters. The number of hydrogen-bond donors (Lipinski definition) is 1. The summed E-state index contributed by atoms with van der Waals surface area (Å²) in [7, 11) is 0. The molecule has 2 aliphatic heterocycles. The maximum absolute atomic E-state index is 13.0. The molecular weight excluding hydrogens is 336 g/mol. The van der Waals surface area contributed by atoms with Crippen LogP contribution in [0.1, 0.15) is 55.7 Å². The van der Waals surface area contributed by atoms with Gasteiger partial charge in [0, 0.05) is 30.8 Å². The van der Waals surface area contributed by atoms with Crippen LogP contribution in [-0.2, 0) is 24.1 Å². The van der Waals surface area contributed by atoms with Crippen molar-refractivity contribution in [2.45, 2.75) is 64.5 Å². The first kappa shape index (κ1) is 19.7. The predicted molar refractivity (Wildman–Crippen MR) is 111 cm³/mol. The molecular formula is C23H32N2O2. The normalized spacial score (nSPS) is 18.9. The van der Waals surface area contributed by atoms with E-state index in [2.05, 4.69) is 25.0 Å². The third-order valence-corrected chi connectivity index (χ3v) is 5.88. The van der Waals surface area contributed by atoms with E-state index in [1.165, 1.54) is 19.3 Å². The summed E-state index contributed by atoms with van der Waals surface area (Å²) in [6, 6.07) is 2.02. The van der Waals surface area contributed by atoms with Crippen molar-refractivity contribution in [1.29, 1.82) is 0 Å². The minimum absolute atomic E-state index is 0.0922. The predicted octanol–water partition coefficient (Wildman–Crippen LogP) is 4.35. The van der Waals surface area contributed by atoms with Crippen LogP contribution < -0.4 is 4.90 Å². The van der Waals surface area contributed by atoms with Gasteiger partial charge in [0.1, 0.15) is 5.75 Å². The van der Waals surface area contributed by atoms with Gasteiger partial charge < -0.3 is 5.11 Å². The zero-order chi connectivity index (χ0) is 19.4. The maximum Gasteiger partial charge on any atom is 0.228 e. The van der Waals surface area contributed by atoms with Crippen LogP contribution in [0.3, 0.4) is 0 Å². The molecule has 4 heteroatoms. The Bertz CT molecular complexity index is 720. The lowest BCUT2D eigenvalue weighted by atomic mass is 9.89. The number of nitrogens with zero attached hydrogens (tertiary/aromatic N) is 2. The highest BCUT2D eigenvalue weighted by atomic mass is 16.3. The Balaban J connectivity index is 2.10. The van der Waals surface area contributed by atoms with Crippen molar-refractivity contribution in [2.24, 2.45) is 0 Å². The van der Waals surface area contributed by atoms with E-state index in [9.17, 15) is 9.90 Å². The number of phenols is 1. The molecule has 0 spiro atoms. The van der Waals surface area contributed by atoms with Gasteiger partial charge in [0.25, 0.3) is 0 Å². The first-order chi connectivity index (χ1) is 13.1. The van der Waals surface area contributed by atoms with Gasteiger partial charge in [0.15, 0.2) is 0 Å². The van der Waals surface area contributed by atoms with Crippen LogP contribution in [0.2, 0.25) is 0 Å². The van der Waals surface area contributed by atoms with Gasteiger partial charge in [-0.2, -0.15) is 0 Å². The number of amides is 1. The fourth-order valence-corrected chi connectivity index (χ4v) is 4.62. The summed E-state index contributed by atoms with van der Waals surface area (Å²) in [6.07, 6.45) is 10.7. The molecule has 1 unspecified atom stereocenters. The van der Waals surface area contributed by atoms with Gasteiger partial charge in [-0.3, -0.25) is 14.6 Å². The number of aromatic hydroxyl groups is 1. The number of carbonyl (C=O) groups excluding carboxylic acids is 1. The zero-order valence-electron chi connectivity index (χ0n) is 16.5. The number of phenolic OH excluding ortho intramolecular Hbond substituents is 1. The number of hydrogen-bond acceptors (Lipinski definition) is 3. The van der Waals surface area contributed by atoms with Gasteiger partial charge >= 0.3 is 0 Å². The Kier molecular flexibility index (Phi) is 6.38. The summed E-state index contributed by atoms with van der Waals surface area (Å²) in [5.41, 5.74) is 3.85. The molecule has 0 saturated carbocycles. The Morgan fingerprint density at radius 3 is 2.48 bits per heavy atom. The number of benzene rings is 1. The van der Waals surface area contributed by atoms with E-state index in [1.807, 2.05) is 17.0 Å². The average Bonchev–Trinajstić information content (AvgIpc) is 2.68. The van der Waals surface area contributed by atoms with Crippen molar-refractivity contribution in [3.8, 4) is 5.75 Å². The zero-order valence-corrected chi connectivity index (χ0v) is 16.5. The lowest BCUT2D eigenvalue weighted by molar-refractivity contribution is -0.120. The molecule has 1 fully saturated rings. The highest BCUT2D eigenvalue weighted by Gasteiger charge is 2.35. The minimum atomic E-state index is 0.0922. The smallest absolute Gasteiger partial charge is 0.228 e. The second kappa shape index (κ2) is 8.75. The molecule has 1 N–H and O–H groups in total. The Morgan fingerprint density at radius 1 is 1.15 bits per heavy atom. The molecule has 1 saturated heterocycles. The highest BCUT2D eigenvalue weighted by Crippen LogP contribution is 2.40. The molecule has 0 aromatic heterocycles. The second-order valence-corrected chi connectivity index (χ2v) is 7.60. The van der Waals surface area contributed by atoms with Crippen LogP contribution in [-0.4, -0.2) is 35.2 Å². The molecule has 1 aromatic carbocycles. The molecule has 0 aliphatic carbocycles. The molecule has 3 rings (SSSR count). The Hall–Kier alpha value is -2.07. The number of fused-ring (bicyclic) bond motifs is 1. The van der Waals surface area contributed by atoms with Gasteiger partial charge in [-0.1, -0.05) is 25.5 Å². The van der Waals surface area contributed by atoms with E-state index in [0.717, 1.165) is 41.9 Å². The third kappa shape index (κ3) is 3.81. The maximum atomic E-state index is 13.0. The number of likely N-dealkylation sites (tertiary alicyclic amines) is 1. The molecule has 0 bridgehead atoms. The molecule has 4 nitrogen and oxygen atoms in total. The second-order valence-electron chi connectivity index (χ2n) is 7.60. The fraction of sp³-hybridized carbons (Fsp3) is 0.522. The van der Waals surface area contributed by atoms with Gasteiger partial charge in [0.05, 0.1) is 6.17 Å². The SMILES string of the molecule is C=CCc1cc2c(c(CC=C)c1O)CCC(=O)N2C(CC)N1CCCCC1. The van der Waals surface area contributed by atoms with Gasteiger partial charge in [0.2, 0.25) is 5.91 Å². The highest BCUT2D eigenvalue weighted by molar-refractivity contribution is 5.97. The van der Waals surface area contributed by atoms with E-state index in [0.29, 0.717) is 31.4 Å². The van der Waals surface area contributed by atoms with Crippen LogP contribution in [0.25, 0.3) is 0 Å². The summed E-state index contributed by atoms with van der Waals surface area (Å²) in [5, 5.41) is 10.8. The number of allylic oxidation sites excluding steroid dienone is 2. The first-order valence-electron chi connectivity index (χ1n) is 10.3. The molecule has 2 aliphatic rings. The average molecular weight is 369 g/mol. The van der Waals surface area contributed by atoms with E-state index in [4.69, 9.17) is 0 Å². The number of piperidine rings is 1. The van der Waals surface area contributed by atoms with Crippen molar-refractivity contribution in [3.05, 3.63) is 48.1 Å². The van der Waals surface area contributed by atoms with Crippen molar-refractivity contribution in [1.82, 2.24) is 4.90 Å². The Morgan fingerprint density at radius 2 is 1.85 bits per heavy atom. The van der Waals surface area contributed by atoms with E-state index >= 15 is 0 Å². The quantitative estimate of drug-likeness (QED) is 0.728. The van der Waals surface area contributed by atoms with Gasteiger partial charge in [-0.05, 0) is 55.7 Å². The van der Waals surface area contributed by atoms with E-state index in [-0.39, 0.29) is 12.1 Å². The van der Waals surface area contributed by atoms with Crippen LogP contribution in [0, 0.1) is 0 Å². The Labute approximate surface area is 163 Å². The van der Waals surface area contributed by atoms with Crippen LogP contribution >= 0.6 is 0 Å². The van der Waals surface area contributed by atoms with Gasteiger partial charge in [-0.15, -0.1) is 13.2 Å². The number of rotatable bonds is 7. The summed E-state index contributed by atoms with van der Waals surface area (Å²) >= 11 is 0. The fourth-order valence-electron chi connectivity index (χ4n) is 4.62. The first-order valence-corrected chi connectivity index (χ1v) is 10.3. The van der Waals surface area contributed by atoms with Crippen molar-refractivity contribution >= 4 is 11.6 Å². The monoisotopic (exact) mass is 368 g/mol. The molecule has 2 heterocycles. The lowest BCUT2D eigenvalue weighted by Gasteiger charge is -2.44. The van der Waals surface area contributed by atoms with Crippen molar-refractivity contribution < 1.29 is 9.90 Å². The van der Waals surface area contributed by atoms with E-state index < -0.39 is 0 Å². The summed E-state index contributed by atoms with van der Waals surface area (Å²) < 4.78 is 0. The molecule has 0 radical (unpaired) electrons. The van der Waals surface area contributed by atoms with E-state index in [1.54, 1.807) is 6.08 Å². The molecule has 27 heavy (non-hydrogen) atoms. The third-order valence-electron chi connectivity index (χ3n) is 5.88. The number of carbonyl (C=O) groups is 1. The molecule has 1 amide bonds. The summed E-state index contributed by atoms with van der Waals surface area (Å²) in [6.45, 7) is 11.9. The summed E-state index contributed by atoms with van der Waals surface area (Å²) in [5.74, 6) is 0.536. The van der Waals surface area contributed by atoms with Crippen molar-refractivity contribution in [3.63, 3.8) is 0 Å². The number of anilines is 1. The van der Waals surface area contributed by atoms with Gasteiger partial charge in [-0.25, -0.2) is 0 Å². The van der Waals surface area contributed by atoms with Crippen molar-refractivity contribution in [2.75, 3.05) is 18.0 Å². The lowest BCUT2D eigenvalue weighted by Crippen LogP contribution is -2.54. The van der Waals surface area contributed by atoms with Crippen LogP contribution in [0.5, 0.6) is 5.75 Å². The van der Waals surface area contributed by atoms with Crippen LogP contribution in [0.4, 0.5) is 5.69 Å².